The first kappa shape index (κ1) is 12.6. The average Bonchev–Trinajstić information content (AvgIpc) is 2.86. The van der Waals surface area contributed by atoms with Gasteiger partial charge in [0.1, 0.15) is 4.34 Å². The molecule has 0 spiro atoms. The molecule has 1 saturated carbocycles. The van der Waals surface area contributed by atoms with Crippen LogP contribution in [0.4, 0.5) is 0 Å². The SMILES string of the molecule is O=C(CCC1CCCC1)c1cc(Br)c(Cl)s1. The van der Waals surface area contributed by atoms with E-state index in [4.69, 9.17) is 11.6 Å². The molecule has 1 aromatic rings. The van der Waals surface area contributed by atoms with Crippen molar-refractivity contribution in [3.05, 3.63) is 19.8 Å². The third kappa shape index (κ3) is 3.08. The second-order valence-corrected chi connectivity index (χ2v) is 6.85. The Morgan fingerprint density at radius 3 is 2.75 bits per heavy atom. The van der Waals surface area contributed by atoms with Gasteiger partial charge < -0.3 is 0 Å². The molecular weight excluding hydrogens is 308 g/mol. The van der Waals surface area contributed by atoms with Gasteiger partial charge in [-0.25, -0.2) is 0 Å². The predicted octanol–water partition coefficient (Wildman–Crippen LogP) is 5.32. The minimum atomic E-state index is 0.240. The lowest BCUT2D eigenvalue weighted by molar-refractivity contribution is 0.0978. The first-order chi connectivity index (χ1) is 7.66. The Morgan fingerprint density at radius 1 is 1.50 bits per heavy atom. The van der Waals surface area contributed by atoms with Crippen LogP contribution in [0.15, 0.2) is 10.5 Å². The number of rotatable bonds is 4. The standard InChI is InChI=1S/C12H14BrClOS/c13-9-7-11(16-12(9)14)10(15)6-5-8-3-1-2-4-8/h7-8H,1-6H2. The Bertz CT molecular complexity index is 363. The third-order valence-electron chi connectivity index (χ3n) is 3.17. The topological polar surface area (TPSA) is 17.1 Å². The molecule has 0 radical (unpaired) electrons. The zero-order valence-corrected chi connectivity index (χ0v) is 12.1. The molecule has 1 aromatic heterocycles. The van der Waals surface area contributed by atoms with Gasteiger partial charge in [-0.05, 0) is 34.3 Å². The number of hydrogen-bond acceptors (Lipinski definition) is 2. The molecule has 0 aliphatic heterocycles. The Hall–Kier alpha value is 0.140. The lowest BCUT2D eigenvalue weighted by Crippen LogP contribution is -2.00. The van der Waals surface area contributed by atoms with E-state index in [-0.39, 0.29) is 5.78 Å². The fraction of sp³-hybridized carbons (Fsp3) is 0.583. The zero-order chi connectivity index (χ0) is 11.5. The molecule has 1 nitrogen and oxygen atoms in total. The number of carbonyl (C=O) groups excluding carboxylic acids is 1. The van der Waals surface area contributed by atoms with E-state index >= 15 is 0 Å². The summed E-state index contributed by atoms with van der Waals surface area (Å²) in [5.74, 6) is 1.02. The highest BCUT2D eigenvalue weighted by atomic mass is 79.9. The summed E-state index contributed by atoms with van der Waals surface area (Å²) in [4.78, 5) is 12.7. The highest BCUT2D eigenvalue weighted by Crippen LogP contribution is 2.34. The lowest BCUT2D eigenvalue weighted by atomic mass is 10.00. The Kier molecular flexibility index (Phi) is 4.45. The fourth-order valence-corrected chi connectivity index (χ4v) is 3.91. The van der Waals surface area contributed by atoms with Crippen LogP contribution in [0.2, 0.25) is 4.34 Å². The highest BCUT2D eigenvalue weighted by Gasteiger charge is 2.18. The van der Waals surface area contributed by atoms with E-state index in [1.165, 1.54) is 37.0 Å². The number of hydrogen-bond donors (Lipinski definition) is 0. The Balaban J connectivity index is 1.87. The summed E-state index contributed by atoms with van der Waals surface area (Å²) in [5, 5.41) is 0. The maximum atomic E-state index is 11.9. The van der Waals surface area contributed by atoms with Crippen LogP contribution in [0, 0.1) is 5.92 Å². The quantitative estimate of drug-likeness (QED) is 0.686. The van der Waals surface area contributed by atoms with Crippen LogP contribution >= 0.6 is 38.9 Å². The molecular formula is C12H14BrClOS. The highest BCUT2D eigenvalue weighted by molar-refractivity contribution is 9.10. The maximum absolute atomic E-state index is 11.9. The molecule has 1 aliphatic carbocycles. The molecule has 16 heavy (non-hydrogen) atoms. The van der Waals surface area contributed by atoms with Gasteiger partial charge in [0, 0.05) is 10.9 Å². The first-order valence-corrected chi connectivity index (χ1v) is 7.63. The number of ketones is 1. The summed E-state index contributed by atoms with van der Waals surface area (Å²) in [6.07, 6.45) is 7.02. The van der Waals surface area contributed by atoms with Gasteiger partial charge in [-0.1, -0.05) is 37.3 Å². The summed E-state index contributed by atoms with van der Waals surface area (Å²) in [7, 11) is 0. The lowest BCUT2D eigenvalue weighted by Gasteiger charge is -2.06. The van der Waals surface area contributed by atoms with Crippen LogP contribution in [-0.4, -0.2) is 5.78 Å². The van der Waals surface area contributed by atoms with Gasteiger partial charge in [0.25, 0.3) is 0 Å². The fourth-order valence-electron chi connectivity index (χ4n) is 2.24. The maximum Gasteiger partial charge on any atom is 0.172 e. The van der Waals surface area contributed by atoms with Crippen molar-refractivity contribution < 1.29 is 4.79 Å². The number of Topliss-reactive ketones (excluding diaryl/α,β-unsaturated/α-hetero) is 1. The van der Waals surface area contributed by atoms with Gasteiger partial charge in [0.15, 0.2) is 5.78 Å². The van der Waals surface area contributed by atoms with E-state index in [1.807, 2.05) is 6.07 Å². The van der Waals surface area contributed by atoms with Crippen molar-refractivity contribution >= 4 is 44.7 Å². The minimum Gasteiger partial charge on any atom is -0.293 e. The van der Waals surface area contributed by atoms with Crippen LogP contribution in [0.1, 0.15) is 48.2 Å². The van der Waals surface area contributed by atoms with E-state index in [1.54, 1.807) is 0 Å². The molecule has 2 rings (SSSR count). The van der Waals surface area contributed by atoms with Crippen molar-refractivity contribution in [1.29, 1.82) is 0 Å². The minimum absolute atomic E-state index is 0.240. The monoisotopic (exact) mass is 320 g/mol. The van der Waals surface area contributed by atoms with Crippen molar-refractivity contribution in [3.8, 4) is 0 Å². The van der Waals surface area contributed by atoms with Crippen LogP contribution < -0.4 is 0 Å². The van der Waals surface area contributed by atoms with Gasteiger partial charge in [0.2, 0.25) is 0 Å². The summed E-state index contributed by atoms with van der Waals surface area (Å²) < 4.78 is 1.51. The molecule has 1 aliphatic rings. The van der Waals surface area contributed by atoms with Crippen LogP contribution in [-0.2, 0) is 0 Å². The summed E-state index contributed by atoms with van der Waals surface area (Å²) >= 11 is 10.6. The third-order valence-corrected chi connectivity index (χ3v) is 5.69. The van der Waals surface area contributed by atoms with E-state index in [0.717, 1.165) is 21.7 Å². The molecule has 0 bridgehead atoms. The van der Waals surface area contributed by atoms with E-state index < -0.39 is 0 Å². The van der Waals surface area contributed by atoms with Gasteiger partial charge in [-0.2, -0.15) is 0 Å². The molecule has 88 valence electrons. The van der Waals surface area contributed by atoms with Crippen molar-refractivity contribution in [1.82, 2.24) is 0 Å². The first-order valence-electron chi connectivity index (χ1n) is 5.65. The summed E-state index contributed by atoms with van der Waals surface area (Å²) in [6.45, 7) is 0. The van der Waals surface area contributed by atoms with E-state index in [2.05, 4.69) is 15.9 Å². The molecule has 0 saturated heterocycles. The van der Waals surface area contributed by atoms with Crippen LogP contribution in [0.5, 0.6) is 0 Å². The van der Waals surface area contributed by atoms with Crippen LogP contribution in [0.3, 0.4) is 0 Å². The molecule has 0 N–H and O–H groups in total. The summed E-state index contributed by atoms with van der Waals surface area (Å²) in [6, 6.07) is 1.84. The summed E-state index contributed by atoms with van der Waals surface area (Å²) in [5.41, 5.74) is 0. The molecule has 1 heterocycles. The van der Waals surface area contributed by atoms with E-state index in [9.17, 15) is 4.79 Å². The molecule has 0 amide bonds. The average molecular weight is 322 g/mol. The molecule has 1 fully saturated rings. The number of carbonyl (C=O) groups is 1. The smallest absolute Gasteiger partial charge is 0.172 e. The normalized spacial score (nSPS) is 16.9. The zero-order valence-electron chi connectivity index (χ0n) is 8.97. The molecule has 4 heteroatoms. The molecule has 0 unspecified atom stereocenters. The van der Waals surface area contributed by atoms with Crippen LogP contribution in [0.25, 0.3) is 0 Å². The van der Waals surface area contributed by atoms with Crippen molar-refractivity contribution in [2.24, 2.45) is 5.92 Å². The number of halogens is 2. The van der Waals surface area contributed by atoms with Gasteiger partial charge in [-0.15, -0.1) is 11.3 Å². The van der Waals surface area contributed by atoms with Gasteiger partial charge in [0.05, 0.1) is 4.88 Å². The van der Waals surface area contributed by atoms with Crippen molar-refractivity contribution in [2.75, 3.05) is 0 Å². The van der Waals surface area contributed by atoms with Crippen molar-refractivity contribution in [3.63, 3.8) is 0 Å². The molecule has 0 aromatic carbocycles. The van der Waals surface area contributed by atoms with E-state index in [0.29, 0.717) is 10.8 Å². The van der Waals surface area contributed by atoms with Crippen molar-refractivity contribution in [2.45, 2.75) is 38.5 Å². The second-order valence-electron chi connectivity index (χ2n) is 4.34. The van der Waals surface area contributed by atoms with Gasteiger partial charge in [-0.3, -0.25) is 4.79 Å². The Morgan fingerprint density at radius 2 is 2.19 bits per heavy atom. The molecule has 0 atom stereocenters. The predicted molar refractivity (Wildman–Crippen MR) is 72.6 cm³/mol. The van der Waals surface area contributed by atoms with Gasteiger partial charge >= 0.3 is 0 Å². The Labute approximate surface area is 113 Å². The second kappa shape index (κ2) is 5.65. The largest absolute Gasteiger partial charge is 0.293 e. The number of thiophene rings is 1.